The molecule has 1 aromatic rings. The molecular weight excluding hydrogens is 196 g/mol. The maximum Gasteiger partial charge on any atom is 0.0366 e. The summed E-state index contributed by atoms with van der Waals surface area (Å²) in [5.41, 5.74) is 7.06. The Morgan fingerprint density at radius 3 is 2.44 bits per heavy atom. The molecule has 1 aromatic carbocycles. The maximum atomic E-state index is 5.74. The van der Waals surface area contributed by atoms with Gasteiger partial charge in [-0.3, -0.25) is 0 Å². The van der Waals surface area contributed by atoms with Crippen molar-refractivity contribution in [3.8, 4) is 0 Å². The van der Waals surface area contributed by atoms with Gasteiger partial charge in [-0.1, -0.05) is 24.6 Å². The molecule has 2 nitrogen and oxygen atoms in total. The smallest absolute Gasteiger partial charge is 0.0366 e. The van der Waals surface area contributed by atoms with Crippen LogP contribution in [0.2, 0.25) is 0 Å². The van der Waals surface area contributed by atoms with Gasteiger partial charge >= 0.3 is 0 Å². The summed E-state index contributed by atoms with van der Waals surface area (Å²) in [5.74, 6) is 0. The van der Waals surface area contributed by atoms with Gasteiger partial charge < -0.3 is 10.6 Å². The molecule has 0 spiro atoms. The molecule has 0 saturated heterocycles. The highest BCUT2D eigenvalue weighted by atomic mass is 15.1. The number of anilines is 1. The Balaban J connectivity index is 2.33. The average Bonchev–Trinajstić information content (AvgIpc) is 2.30. The van der Waals surface area contributed by atoms with E-state index < -0.39 is 0 Å². The molecule has 2 N–H and O–H groups in total. The number of hydrogen-bond acceptors (Lipinski definition) is 2. The van der Waals surface area contributed by atoms with Crippen molar-refractivity contribution in [2.75, 3.05) is 18.0 Å². The van der Waals surface area contributed by atoms with Crippen LogP contribution in [0.3, 0.4) is 0 Å². The normalized spacial score (nSPS) is 12.4. The van der Waals surface area contributed by atoms with Gasteiger partial charge in [-0.15, -0.1) is 0 Å². The van der Waals surface area contributed by atoms with E-state index in [0.717, 1.165) is 19.5 Å². The number of benzene rings is 1. The fraction of sp³-hybridized carbons (Fsp3) is 0.571. The van der Waals surface area contributed by atoms with E-state index >= 15 is 0 Å². The van der Waals surface area contributed by atoms with Crippen LogP contribution in [0.15, 0.2) is 30.3 Å². The van der Waals surface area contributed by atoms with Crippen molar-refractivity contribution in [1.29, 1.82) is 0 Å². The van der Waals surface area contributed by atoms with Crippen LogP contribution in [0.25, 0.3) is 0 Å². The molecule has 0 saturated carbocycles. The van der Waals surface area contributed by atoms with E-state index in [-0.39, 0.29) is 0 Å². The molecule has 0 aliphatic carbocycles. The second-order valence-electron chi connectivity index (χ2n) is 4.39. The Bertz CT molecular complexity index is 269. The molecule has 0 aromatic heterocycles. The van der Waals surface area contributed by atoms with E-state index in [9.17, 15) is 0 Å². The van der Waals surface area contributed by atoms with Crippen molar-refractivity contribution in [2.45, 2.75) is 39.2 Å². The van der Waals surface area contributed by atoms with Crippen molar-refractivity contribution in [2.24, 2.45) is 5.73 Å². The number of rotatable bonds is 7. The van der Waals surface area contributed by atoms with Crippen LogP contribution < -0.4 is 10.6 Å². The summed E-state index contributed by atoms with van der Waals surface area (Å²) < 4.78 is 0. The second kappa shape index (κ2) is 7.29. The van der Waals surface area contributed by atoms with Crippen molar-refractivity contribution in [1.82, 2.24) is 0 Å². The first kappa shape index (κ1) is 13.0. The molecule has 0 fully saturated rings. The van der Waals surface area contributed by atoms with E-state index in [4.69, 9.17) is 5.73 Å². The Morgan fingerprint density at radius 2 is 1.88 bits per heavy atom. The van der Waals surface area contributed by atoms with Crippen LogP contribution in [0, 0.1) is 0 Å². The summed E-state index contributed by atoms with van der Waals surface area (Å²) in [6.45, 7) is 6.49. The van der Waals surface area contributed by atoms with E-state index in [1.807, 2.05) is 0 Å². The predicted octanol–water partition coefficient (Wildman–Crippen LogP) is 3.03. The van der Waals surface area contributed by atoms with Crippen molar-refractivity contribution in [3.05, 3.63) is 30.3 Å². The van der Waals surface area contributed by atoms with Crippen LogP contribution in [0.5, 0.6) is 0 Å². The van der Waals surface area contributed by atoms with Gasteiger partial charge in [-0.2, -0.15) is 0 Å². The summed E-state index contributed by atoms with van der Waals surface area (Å²) in [5, 5.41) is 0. The zero-order valence-electron chi connectivity index (χ0n) is 10.5. The number of nitrogens with two attached hydrogens (primary N) is 1. The summed E-state index contributed by atoms with van der Waals surface area (Å²) in [6.07, 6.45) is 3.58. The highest BCUT2D eigenvalue weighted by Crippen LogP contribution is 2.13. The molecule has 2 heteroatoms. The van der Waals surface area contributed by atoms with Gasteiger partial charge in [0, 0.05) is 24.8 Å². The highest BCUT2D eigenvalue weighted by Gasteiger charge is 2.03. The van der Waals surface area contributed by atoms with Crippen molar-refractivity contribution < 1.29 is 0 Å². The average molecular weight is 220 g/mol. The largest absolute Gasteiger partial charge is 0.372 e. The van der Waals surface area contributed by atoms with E-state index in [1.54, 1.807) is 0 Å². The SMILES string of the molecule is CCN(CCCCC(C)N)c1ccccc1. The lowest BCUT2D eigenvalue weighted by molar-refractivity contribution is 0.591. The summed E-state index contributed by atoms with van der Waals surface area (Å²) in [7, 11) is 0. The monoisotopic (exact) mass is 220 g/mol. The lowest BCUT2D eigenvalue weighted by Gasteiger charge is -2.23. The third-order valence-electron chi connectivity index (χ3n) is 2.84. The Hall–Kier alpha value is -1.02. The van der Waals surface area contributed by atoms with Gasteiger partial charge in [-0.25, -0.2) is 0 Å². The first-order valence-electron chi connectivity index (χ1n) is 6.29. The lowest BCUT2D eigenvalue weighted by atomic mass is 10.1. The van der Waals surface area contributed by atoms with Crippen LogP contribution in [0.4, 0.5) is 5.69 Å². The topological polar surface area (TPSA) is 29.3 Å². The van der Waals surface area contributed by atoms with E-state index in [0.29, 0.717) is 6.04 Å². The number of para-hydroxylation sites is 1. The molecule has 1 rings (SSSR count). The van der Waals surface area contributed by atoms with Crippen molar-refractivity contribution >= 4 is 5.69 Å². The molecule has 16 heavy (non-hydrogen) atoms. The van der Waals surface area contributed by atoms with E-state index in [1.165, 1.54) is 18.5 Å². The molecule has 0 aliphatic heterocycles. The van der Waals surface area contributed by atoms with E-state index in [2.05, 4.69) is 49.1 Å². The minimum atomic E-state index is 0.340. The van der Waals surface area contributed by atoms with Gasteiger partial charge in [0.05, 0.1) is 0 Å². The Morgan fingerprint density at radius 1 is 1.19 bits per heavy atom. The van der Waals surface area contributed by atoms with Crippen LogP contribution in [-0.4, -0.2) is 19.1 Å². The molecule has 0 aliphatic rings. The molecule has 1 unspecified atom stereocenters. The van der Waals surface area contributed by atoms with Gasteiger partial charge in [0.1, 0.15) is 0 Å². The quantitative estimate of drug-likeness (QED) is 0.716. The maximum absolute atomic E-state index is 5.74. The fourth-order valence-electron chi connectivity index (χ4n) is 1.88. The summed E-state index contributed by atoms with van der Waals surface area (Å²) >= 11 is 0. The number of hydrogen-bond donors (Lipinski definition) is 1. The van der Waals surface area contributed by atoms with Gasteiger partial charge in [0.25, 0.3) is 0 Å². The molecule has 0 amide bonds. The Labute approximate surface area is 99.5 Å². The van der Waals surface area contributed by atoms with Crippen molar-refractivity contribution in [3.63, 3.8) is 0 Å². The minimum absolute atomic E-state index is 0.340. The third kappa shape index (κ3) is 4.67. The number of unbranched alkanes of at least 4 members (excludes halogenated alkanes) is 1. The first-order valence-corrected chi connectivity index (χ1v) is 6.29. The first-order chi connectivity index (χ1) is 7.74. The zero-order chi connectivity index (χ0) is 11.8. The second-order valence-corrected chi connectivity index (χ2v) is 4.39. The fourth-order valence-corrected chi connectivity index (χ4v) is 1.88. The molecule has 0 radical (unpaired) electrons. The van der Waals surface area contributed by atoms with Crippen LogP contribution in [0.1, 0.15) is 33.1 Å². The molecular formula is C14H24N2. The predicted molar refractivity (Wildman–Crippen MR) is 71.8 cm³/mol. The third-order valence-corrected chi connectivity index (χ3v) is 2.84. The zero-order valence-corrected chi connectivity index (χ0v) is 10.5. The Kier molecular flexibility index (Phi) is 5.94. The molecule has 90 valence electrons. The van der Waals surface area contributed by atoms with Gasteiger partial charge in [-0.05, 0) is 38.8 Å². The van der Waals surface area contributed by atoms with Crippen LogP contribution >= 0.6 is 0 Å². The highest BCUT2D eigenvalue weighted by molar-refractivity contribution is 5.45. The van der Waals surface area contributed by atoms with Gasteiger partial charge in [0.2, 0.25) is 0 Å². The summed E-state index contributed by atoms with van der Waals surface area (Å²) in [4.78, 5) is 2.42. The standard InChI is InChI=1S/C14H24N2/c1-3-16(12-8-7-9-13(2)15)14-10-5-4-6-11-14/h4-6,10-11,13H,3,7-9,12,15H2,1-2H3. The summed E-state index contributed by atoms with van der Waals surface area (Å²) in [6, 6.07) is 10.9. The molecule has 0 bridgehead atoms. The molecule has 0 heterocycles. The molecule has 1 atom stereocenters. The number of nitrogens with zero attached hydrogens (tertiary/aromatic N) is 1. The van der Waals surface area contributed by atoms with Crippen LogP contribution in [-0.2, 0) is 0 Å². The van der Waals surface area contributed by atoms with Gasteiger partial charge in [0.15, 0.2) is 0 Å². The minimum Gasteiger partial charge on any atom is -0.372 e. The lowest BCUT2D eigenvalue weighted by Crippen LogP contribution is -2.24.